The van der Waals surface area contributed by atoms with Crippen LogP contribution in [0.1, 0.15) is 45.1 Å². The van der Waals surface area contributed by atoms with Crippen molar-refractivity contribution in [1.82, 2.24) is 15.5 Å². The highest BCUT2D eigenvalue weighted by Gasteiger charge is 2.29. The molecular weight excluding hydrogens is 586 g/mol. The van der Waals surface area contributed by atoms with Crippen molar-refractivity contribution in [1.29, 1.82) is 5.41 Å². The van der Waals surface area contributed by atoms with Crippen LogP contribution in [-0.2, 0) is 14.4 Å². The molecule has 2 saturated carbocycles. The third-order valence-electron chi connectivity index (χ3n) is 7.21. The van der Waals surface area contributed by atoms with E-state index in [1.54, 1.807) is 45.3 Å². The van der Waals surface area contributed by atoms with E-state index in [0.29, 0.717) is 54.1 Å². The molecule has 1 aromatic carbocycles. The molecule has 1 aromatic rings. The summed E-state index contributed by atoms with van der Waals surface area (Å²) < 4.78 is 5.77. The first-order valence-electron chi connectivity index (χ1n) is 15.1. The zero-order chi connectivity index (χ0) is 33.8. The lowest BCUT2D eigenvalue weighted by atomic mass is 10.0. The van der Waals surface area contributed by atoms with Crippen LogP contribution in [0.25, 0.3) is 5.57 Å². The number of amidine groups is 1. The zero-order valence-electron chi connectivity index (χ0n) is 27.1. The number of nitrogens with two attached hydrogens (primary N) is 2. The van der Waals surface area contributed by atoms with Crippen molar-refractivity contribution in [3.63, 3.8) is 0 Å². The molecule has 246 valence electrons. The van der Waals surface area contributed by atoms with Gasteiger partial charge in [-0.2, -0.15) is 4.99 Å². The number of amides is 3. The van der Waals surface area contributed by atoms with Crippen LogP contribution in [0.5, 0.6) is 5.75 Å². The van der Waals surface area contributed by atoms with Crippen molar-refractivity contribution >= 4 is 47.2 Å². The Hall–Kier alpha value is -5.20. The number of likely N-dealkylation sites (N-methyl/N-ethyl adjacent to an activating group) is 1. The van der Waals surface area contributed by atoms with Gasteiger partial charge in [0.05, 0.1) is 30.2 Å². The maximum Gasteiger partial charge on any atom is 0.269 e. The monoisotopic (exact) mass is 631 g/mol. The maximum atomic E-state index is 13.2. The number of anilines is 1. The van der Waals surface area contributed by atoms with Crippen LogP contribution in [0.2, 0.25) is 0 Å². The number of carbonyl (C=O) groups excluding carboxylic acids is 3. The van der Waals surface area contributed by atoms with Gasteiger partial charge < -0.3 is 42.5 Å². The van der Waals surface area contributed by atoms with Gasteiger partial charge in [0, 0.05) is 62.2 Å². The maximum absolute atomic E-state index is 13.2. The van der Waals surface area contributed by atoms with Gasteiger partial charge in [0.15, 0.2) is 0 Å². The Bertz CT molecular complexity index is 1510. The van der Waals surface area contributed by atoms with Gasteiger partial charge in [-0.1, -0.05) is 18.2 Å². The molecule has 0 aromatic heterocycles. The first-order valence-corrected chi connectivity index (χ1v) is 15.1. The molecule has 0 spiro atoms. The van der Waals surface area contributed by atoms with Gasteiger partial charge in [0.25, 0.3) is 11.8 Å². The Balaban J connectivity index is 0.00000136. The van der Waals surface area contributed by atoms with E-state index in [9.17, 15) is 9.59 Å². The van der Waals surface area contributed by atoms with Gasteiger partial charge in [0.2, 0.25) is 6.41 Å². The molecule has 4 rings (SSSR count). The quantitative estimate of drug-likeness (QED) is 0.108. The number of allylic oxidation sites excluding steroid dienone is 4. The van der Waals surface area contributed by atoms with E-state index in [-0.39, 0.29) is 29.3 Å². The number of para-hydroxylation sites is 1. The number of hydrogen-bond donors (Lipinski definition) is 6. The summed E-state index contributed by atoms with van der Waals surface area (Å²) in [7, 11) is 4.88. The summed E-state index contributed by atoms with van der Waals surface area (Å²) in [4.78, 5) is 44.3. The summed E-state index contributed by atoms with van der Waals surface area (Å²) in [5, 5.41) is 16.9. The summed E-state index contributed by atoms with van der Waals surface area (Å²) >= 11 is 0. The smallest absolute Gasteiger partial charge is 0.269 e. The molecule has 46 heavy (non-hydrogen) atoms. The highest BCUT2D eigenvalue weighted by molar-refractivity contribution is 6.08. The lowest BCUT2D eigenvalue weighted by Crippen LogP contribution is -2.37. The second-order valence-electron chi connectivity index (χ2n) is 11.3. The van der Waals surface area contributed by atoms with Gasteiger partial charge in [0.1, 0.15) is 17.3 Å². The Labute approximate surface area is 270 Å². The minimum absolute atomic E-state index is 0.0373. The molecule has 0 radical (unpaired) electrons. The fourth-order valence-corrected chi connectivity index (χ4v) is 4.26. The van der Waals surface area contributed by atoms with E-state index in [1.807, 2.05) is 31.2 Å². The van der Waals surface area contributed by atoms with Crippen molar-refractivity contribution < 1.29 is 19.1 Å². The molecule has 1 heterocycles. The second-order valence-corrected chi connectivity index (χ2v) is 11.3. The summed E-state index contributed by atoms with van der Waals surface area (Å²) in [5.41, 5.74) is 16.9. The first-order chi connectivity index (χ1) is 22.0. The van der Waals surface area contributed by atoms with E-state index in [0.717, 1.165) is 42.4 Å². The van der Waals surface area contributed by atoms with Crippen LogP contribution in [0.3, 0.4) is 0 Å². The molecule has 3 aliphatic rings. The number of hydrogen-bond acceptors (Lipinski definition) is 9. The van der Waals surface area contributed by atoms with E-state index < -0.39 is 0 Å². The molecule has 8 N–H and O–H groups in total. The normalized spacial score (nSPS) is 16.9. The van der Waals surface area contributed by atoms with Crippen molar-refractivity contribution in [3.05, 3.63) is 64.7 Å². The fraction of sp³-hybridized carbons (Fsp3) is 0.394. The molecule has 2 fully saturated rings. The van der Waals surface area contributed by atoms with Crippen LogP contribution in [-0.4, -0.2) is 81.2 Å². The number of benzene rings is 1. The van der Waals surface area contributed by atoms with Crippen molar-refractivity contribution in [2.45, 2.75) is 45.6 Å². The molecule has 13 nitrogen and oxygen atoms in total. The van der Waals surface area contributed by atoms with Crippen molar-refractivity contribution in [3.8, 4) is 5.75 Å². The molecule has 3 amide bonds. The van der Waals surface area contributed by atoms with Gasteiger partial charge in [-0.25, -0.2) is 0 Å². The summed E-state index contributed by atoms with van der Waals surface area (Å²) in [6.07, 6.45) is 11.4. The standard InChI is InChI=1S/C31H40N8O3.C2H5NO/c1-18(32)22(16-35-23-11-12-23)17-39(3)31(41)26-13-10-21(15-36-26)24-6-5-7-25(29(24)42-4)37-27(19(2)33)14-28(34)38-30(40)20-8-9-20;1-3-2-4/h5-7,10,13-14,16,20,23,33,36-37H,8-9,11-12,15,17,32H2,1-4H3,(H2,34,38,40);2H,1H3,(H,3,4)/b22-18+,27-14+,33-19?,35-16?;. The summed E-state index contributed by atoms with van der Waals surface area (Å²) in [6, 6.07) is 6.00. The van der Waals surface area contributed by atoms with Crippen LogP contribution >= 0.6 is 0 Å². The van der Waals surface area contributed by atoms with Crippen molar-refractivity contribution in [2.75, 3.05) is 39.6 Å². The minimum atomic E-state index is -0.229. The lowest BCUT2D eigenvalue weighted by molar-refractivity contribution is -0.126. The molecular formula is C33H45N9O4. The van der Waals surface area contributed by atoms with E-state index >= 15 is 0 Å². The Morgan fingerprint density at radius 2 is 1.87 bits per heavy atom. The number of ether oxygens (including phenoxy) is 1. The average Bonchev–Trinajstić information content (AvgIpc) is 3.97. The molecule has 0 atom stereocenters. The third-order valence-corrected chi connectivity index (χ3v) is 7.21. The van der Waals surface area contributed by atoms with E-state index in [1.165, 1.54) is 6.08 Å². The molecule has 0 unspecified atom stereocenters. The Morgan fingerprint density at radius 1 is 1.17 bits per heavy atom. The predicted octanol–water partition coefficient (Wildman–Crippen LogP) is 2.48. The molecule has 1 aliphatic heterocycles. The average molecular weight is 632 g/mol. The predicted molar refractivity (Wildman–Crippen MR) is 183 cm³/mol. The fourth-order valence-electron chi connectivity index (χ4n) is 4.26. The summed E-state index contributed by atoms with van der Waals surface area (Å²) in [5.74, 6) is 0.187. The van der Waals surface area contributed by atoms with Crippen LogP contribution < -0.4 is 32.2 Å². The first kappa shape index (κ1) is 35.3. The Morgan fingerprint density at radius 3 is 2.39 bits per heavy atom. The van der Waals surface area contributed by atoms with Crippen LogP contribution in [0.4, 0.5) is 5.69 Å². The highest BCUT2D eigenvalue weighted by Crippen LogP contribution is 2.35. The molecule has 13 heteroatoms. The van der Waals surface area contributed by atoms with Crippen LogP contribution in [0, 0.1) is 11.3 Å². The lowest BCUT2D eigenvalue weighted by Gasteiger charge is -2.24. The number of methoxy groups -OCH3 is 1. The molecule has 2 aliphatic carbocycles. The number of dihydropyridines is 1. The summed E-state index contributed by atoms with van der Waals surface area (Å²) in [6.45, 7) is 4.20. The highest BCUT2D eigenvalue weighted by atomic mass is 16.5. The van der Waals surface area contributed by atoms with E-state index in [4.69, 9.17) is 26.4 Å². The van der Waals surface area contributed by atoms with Gasteiger partial charge >= 0.3 is 0 Å². The topological polar surface area (TPSA) is 200 Å². The van der Waals surface area contributed by atoms with E-state index in [2.05, 4.69) is 25.9 Å². The number of nitrogens with one attached hydrogen (secondary N) is 4. The zero-order valence-corrected chi connectivity index (χ0v) is 27.1. The van der Waals surface area contributed by atoms with Gasteiger partial charge in [-0.3, -0.25) is 19.4 Å². The van der Waals surface area contributed by atoms with Gasteiger partial charge in [-0.15, -0.1) is 0 Å². The number of rotatable bonds is 13. The second kappa shape index (κ2) is 16.8. The van der Waals surface area contributed by atoms with Crippen molar-refractivity contribution in [2.24, 2.45) is 27.4 Å². The SMILES string of the molecule is CNC=O.COc1c(N/C(=C/C(N)=NC(=O)C2CC2)C(C)=N)cccc1C1=CC=C(C(=O)N(C)C/C(C=NC2CC2)=C(\C)N)NC1. The Kier molecular flexibility index (Phi) is 12.9. The number of carbonyl (C=O) groups is 3. The number of nitrogens with zero attached hydrogens (tertiary/aromatic N) is 3. The largest absolute Gasteiger partial charge is 0.494 e. The minimum Gasteiger partial charge on any atom is -0.494 e. The number of aliphatic imine (C=N–C) groups is 2. The molecule has 0 bridgehead atoms. The molecule has 0 saturated heterocycles. The van der Waals surface area contributed by atoms with Crippen LogP contribution in [0.15, 0.2) is 69.1 Å². The van der Waals surface area contributed by atoms with Gasteiger partial charge in [-0.05, 0) is 57.2 Å². The third kappa shape index (κ3) is 10.5.